The first-order valence-electron chi connectivity index (χ1n) is 5.75. The van der Waals surface area contributed by atoms with Gasteiger partial charge in [-0.05, 0) is 42.3 Å². The fourth-order valence-corrected chi connectivity index (χ4v) is 4.06. The molecule has 5 heteroatoms. The van der Waals surface area contributed by atoms with Gasteiger partial charge in [0.15, 0.2) is 0 Å². The standard InChI is InChI=1S/C14H11BrO3S/c1-9-2-4-11-13(6-9)19(16,17)14-7-10(8-15)3-5-12(14)18-11/h2-7H,8H2,1H3. The third-order valence-corrected chi connectivity index (χ3v) is 5.50. The summed E-state index contributed by atoms with van der Waals surface area (Å²) in [5, 5.41) is 0.608. The van der Waals surface area contributed by atoms with E-state index in [2.05, 4.69) is 15.9 Å². The molecule has 0 fully saturated rings. The normalized spacial score (nSPS) is 15.3. The summed E-state index contributed by atoms with van der Waals surface area (Å²) in [6.45, 7) is 1.86. The predicted octanol–water partition coefficient (Wildman–Crippen LogP) is 3.83. The number of sulfone groups is 1. The van der Waals surface area contributed by atoms with Gasteiger partial charge >= 0.3 is 0 Å². The average molecular weight is 339 g/mol. The Labute approximate surface area is 120 Å². The lowest BCUT2D eigenvalue weighted by atomic mass is 10.2. The fourth-order valence-electron chi connectivity index (χ4n) is 2.08. The highest BCUT2D eigenvalue weighted by Gasteiger charge is 2.31. The zero-order valence-corrected chi connectivity index (χ0v) is 12.6. The summed E-state index contributed by atoms with van der Waals surface area (Å²) in [6, 6.07) is 10.4. The van der Waals surface area contributed by atoms with Crippen molar-refractivity contribution in [2.75, 3.05) is 0 Å². The van der Waals surface area contributed by atoms with Crippen LogP contribution in [-0.2, 0) is 15.2 Å². The second-order valence-corrected chi connectivity index (χ2v) is 6.92. The summed E-state index contributed by atoms with van der Waals surface area (Å²) in [4.78, 5) is 0.481. The Balaban J connectivity index is 2.29. The number of fused-ring (bicyclic) bond motifs is 2. The van der Waals surface area contributed by atoms with Crippen molar-refractivity contribution in [1.82, 2.24) is 0 Å². The zero-order chi connectivity index (χ0) is 13.6. The molecular formula is C14H11BrO3S. The number of rotatable bonds is 1. The molecular weight excluding hydrogens is 328 g/mol. The van der Waals surface area contributed by atoms with Gasteiger partial charge in [0.2, 0.25) is 9.84 Å². The van der Waals surface area contributed by atoms with Crippen molar-refractivity contribution in [1.29, 1.82) is 0 Å². The SMILES string of the molecule is Cc1ccc2c(c1)S(=O)(=O)c1cc(CBr)ccc1O2. The lowest BCUT2D eigenvalue weighted by Gasteiger charge is -2.21. The van der Waals surface area contributed by atoms with E-state index in [0.29, 0.717) is 16.8 Å². The maximum Gasteiger partial charge on any atom is 0.213 e. The summed E-state index contributed by atoms with van der Waals surface area (Å²) in [5.41, 5.74) is 1.80. The lowest BCUT2D eigenvalue weighted by molar-refractivity contribution is 0.442. The van der Waals surface area contributed by atoms with Crippen LogP contribution in [0.2, 0.25) is 0 Å². The lowest BCUT2D eigenvalue weighted by Crippen LogP contribution is -2.11. The van der Waals surface area contributed by atoms with Crippen molar-refractivity contribution in [3.05, 3.63) is 47.5 Å². The van der Waals surface area contributed by atoms with Gasteiger partial charge in [0, 0.05) is 5.33 Å². The monoisotopic (exact) mass is 338 g/mol. The Hall–Kier alpha value is -1.33. The summed E-state index contributed by atoms with van der Waals surface area (Å²) in [5.74, 6) is 0.783. The molecule has 3 nitrogen and oxygen atoms in total. The molecule has 1 aliphatic rings. The Morgan fingerprint density at radius 2 is 1.68 bits per heavy atom. The maximum atomic E-state index is 12.6. The number of hydrogen-bond acceptors (Lipinski definition) is 3. The largest absolute Gasteiger partial charge is 0.455 e. The van der Waals surface area contributed by atoms with Crippen molar-refractivity contribution in [3.8, 4) is 11.5 Å². The Kier molecular flexibility index (Phi) is 2.91. The number of aryl methyl sites for hydroxylation is 1. The first kappa shape index (κ1) is 12.7. The molecule has 2 aromatic rings. The predicted molar refractivity (Wildman–Crippen MR) is 75.8 cm³/mol. The number of halogens is 1. The molecule has 0 N–H and O–H groups in total. The summed E-state index contributed by atoms with van der Waals surface area (Å²) in [7, 11) is -3.50. The van der Waals surface area contributed by atoms with Crippen LogP contribution in [0.4, 0.5) is 0 Å². The van der Waals surface area contributed by atoms with Crippen molar-refractivity contribution in [2.45, 2.75) is 22.0 Å². The minimum Gasteiger partial charge on any atom is -0.455 e. The minimum absolute atomic E-state index is 0.238. The van der Waals surface area contributed by atoms with Crippen LogP contribution in [0.1, 0.15) is 11.1 Å². The van der Waals surface area contributed by atoms with Crippen LogP contribution in [0.3, 0.4) is 0 Å². The van der Waals surface area contributed by atoms with Crippen molar-refractivity contribution >= 4 is 25.8 Å². The molecule has 0 aliphatic carbocycles. The molecule has 19 heavy (non-hydrogen) atoms. The highest BCUT2D eigenvalue weighted by atomic mass is 79.9. The average Bonchev–Trinajstić information content (AvgIpc) is 2.40. The highest BCUT2D eigenvalue weighted by Crippen LogP contribution is 2.43. The van der Waals surface area contributed by atoms with Gasteiger partial charge in [0.25, 0.3) is 0 Å². The second-order valence-electron chi connectivity index (χ2n) is 4.47. The Morgan fingerprint density at radius 1 is 1.05 bits per heavy atom. The van der Waals surface area contributed by atoms with E-state index in [1.807, 2.05) is 19.1 Å². The number of ether oxygens (including phenoxy) is 1. The maximum absolute atomic E-state index is 12.6. The van der Waals surface area contributed by atoms with E-state index >= 15 is 0 Å². The molecule has 0 saturated carbocycles. The molecule has 0 saturated heterocycles. The van der Waals surface area contributed by atoms with E-state index in [4.69, 9.17) is 4.74 Å². The van der Waals surface area contributed by atoms with E-state index in [0.717, 1.165) is 11.1 Å². The summed E-state index contributed by atoms with van der Waals surface area (Å²) < 4.78 is 30.9. The van der Waals surface area contributed by atoms with E-state index in [1.54, 1.807) is 24.3 Å². The van der Waals surface area contributed by atoms with Crippen molar-refractivity contribution < 1.29 is 13.2 Å². The first-order chi connectivity index (χ1) is 9.02. The third-order valence-electron chi connectivity index (χ3n) is 3.06. The quantitative estimate of drug-likeness (QED) is 0.633. The van der Waals surface area contributed by atoms with Gasteiger partial charge in [-0.1, -0.05) is 28.1 Å². The van der Waals surface area contributed by atoms with Crippen LogP contribution in [0.25, 0.3) is 0 Å². The molecule has 0 amide bonds. The molecule has 1 heterocycles. The van der Waals surface area contributed by atoms with Crippen LogP contribution in [0.15, 0.2) is 46.2 Å². The smallest absolute Gasteiger partial charge is 0.213 e. The minimum atomic E-state index is -3.50. The number of hydrogen-bond donors (Lipinski definition) is 0. The third kappa shape index (κ3) is 1.97. The molecule has 0 bridgehead atoms. The van der Waals surface area contributed by atoms with Crippen LogP contribution in [0, 0.1) is 6.92 Å². The van der Waals surface area contributed by atoms with Gasteiger partial charge < -0.3 is 4.74 Å². The van der Waals surface area contributed by atoms with E-state index in [-0.39, 0.29) is 9.79 Å². The molecule has 3 rings (SSSR count). The van der Waals surface area contributed by atoms with Gasteiger partial charge in [0.1, 0.15) is 21.3 Å². The molecule has 0 unspecified atom stereocenters. The Morgan fingerprint density at radius 3 is 2.37 bits per heavy atom. The van der Waals surface area contributed by atoms with Gasteiger partial charge in [0.05, 0.1) is 0 Å². The number of alkyl halides is 1. The molecule has 0 aromatic heterocycles. The Bertz CT molecular complexity index is 766. The molecule has 0 spiro atoms. The van der Waals surface area contributed by atoms with Gasteiger partial charge in [-0.25, -0.2) is 8.42 Å². The zero-order valence-electron chi connectivity index (χ0n) is 10.2. The highest BCUT2D eigenvalue weighted by molar-refractivity contribution is 9.08. The molecule has 98 valence electrons. The van der Waals surface area contributed by atoms with Crippen molar-refractivity contribution in [2.24, 2.45) is 0 Å². The van der Waals surface area contributed by atoms with Gasteiger partial charge in [-0.3, -0.25) is 0 Å². The van der Waals surface area contributed by atoms with Crippen LogP contribution >= 0.6 is 15.9 Å². The summed E-state index contributed by atoms with van der Waals surface area (Å²) in [6.07, 6.45) is 0. The molecule has 0 radical (unpaired) electrons. The van der Waals surface area contributed by atoms with Gasteiger partial charge in [-0.15, -0.1) is 0 Å². The van der Waals surface area contributed by atoms with Crippen molar-refractivity contribution in [3.63, 3.8) is 0 Å². The summed E-state index contributed by atoms with van der Waals surface area (Å²) >= 11 is 3.33. The second kappa shape index (κ2) is 4.35. The molecule has 0 atom stereocenters. The van der Waals surface area contributed by atoms with E-state index in [1.165, 1.54) is 0 Å². The fraction of sp³-hybridized carbons (Fsp3) is 0.143. The topological polar surface area (TPSA) is 43.4 Å². The van der Waals surface area contributed by atoms with Gasteiger partial charge in [-0.2, -0.15) is 0 Å². The molecule has 2 aromatic carbocycles. The van der Waals surface area contributed by atoms with Crippen LogP contribution in [-0.4, -0.2) is 8.42 Å². The van der Waals surface area contributed by atoms with E-state index < -0.39 is 9.84 Å². The van der Waals surface area contributed by atoms with E-state index in [9.17, 15) is 8.42 Å². The number of benzene rings is 2. The molecule has 1 aliphatic heterocycles. The first-order valence-corrected chi connectivity index (χ1v) is 8.35. The van der Waals surface area contributed by atoms with Crippen LogP contribution in [0.5, 0.6) is 11.5 Å². The van der Waals surface area contributed by atoms with Crippen LogP contribution < -0.4 is 4.74 Å².